The van der Waals surface area contributed by atoms with E-state index in [2.05, 4.69) is 4.98 Å². The van der Waals surface area contributed by atoms with Gasteiger partial charge in [0.05, 0.1) is 9.13 Å². The number of aldehydes is 1. The fraction of sp³-hybridized carbons (Fsp3) is 0.250. The molecule has 8 heteroatoms. The maximum Gasteiger partial charge on any atom is 0.417 e. The Balaban J connectivity index is 3.48. The molecule has 1 rings (SSSR count). The van der Waals surface area contributed by atoms with Crippen molar-refractivity contribution < 1.29 is 26.7 Å². The first-order chi connectivity index (χ1) is 7.27. The van der Waals surface area contributed by atoms with E-state index in [1.165, 1.54) is 22.6 Å². The third-order valence-corrected chi connectivity index (χ3v) is 2.78. The molecule has 0 saturated heterocycles. The predicted molar refractivity (Wildman–Crippen MR) is 52.3 cm³/mol. The van der Waals surface area contributed by atoms with E-state index in [1.54, 1.807) is 0 Å². The molecule has 0 aliphatic heterocycles. The molecule has 0 spiro atoms. The van der Waals surface area contributed by atoms with Gasteiger partial charge in [-0.1, -0.05) is 0 Å². The monoisotopic (exact) mass is 351 g/mol. The Morgan fingerprint density at radius 3 is 2.31 bits per heavy atom. The average molecular weight is 351 g/mol. The minimum absolute atomic E-state index is 0.0168. The lowest BCUT2D eigenvalue weighted by atomic mass is 10.2. The number of alkyl halides is 5. The summed E-state index contributed by atoms with van der Waals surface area (Å²) in [6, 6.07) is 0.249. The highest BCUT2D eigenvalue weighted by molar-refractivity contribution is 14.1. The van der Waals surface area contributed by atoms with Crippen LogP contribution < -0.4 is 0 Å². The van der Waals surface area contributed by atoms with E-state index in [9.17, 15) is 26.7 Å². The molecular formula is C8H3F5INO. The highest BCUT2D eigenvalue weighted by atomic mass is 127. The van der Waals surface area contributed by atoms with E-state index in [0.717, 1.165) is 0 Å². The van der Waals surface area contributed by atoms with Crippen LogP contribution in [-0.4, -0.2) is 11.3 Å². The van der Waals surface area contributed by atoms with Crippen LogP contribution in [0.2, 0.25) is 0 Å². The molecule has 1 aromatic heterocycles. The lowest BCUT2D eigenvalue weighted by Crippen LogP contribution is -2.12. The van der Waals surface area contributed by atoms with Crippen molar-refractivity contribution in [3.05, 3.63) is 26.6 Å². The predicted octanol–water partition coefficient (Wildman–Crippen LogP) is 3.46. The Hall–Kier alpha value is -0.800. The largest absolute Gasteiger partial charge is 0.417 e. The molecule has 0 N–H and O–H groups in total. The Bertz CT molecular complexity index is 418. The highest BCUT2D eigenvalue weighted by Crippen LogP contribution is 2.35. The van der Waals surface area contributed by atoms with Crippen molar-refractivity contribution in [1.29, 1.82) is 0 Å². The summed E-state index contributed by atoms with van der Waals surface area (Å²) in [7, 11) is 0. The summed E-state index contributed by atoms with van der Waals surface area (Å²) in [6.45, 7) is 0. The van der Waals surface area contributed by atoms with Crippen LogP contribution in [-0.2, 0) is 6.18 Å². The Morgan fingerprint density at radius 2 is 1.94 bits per heavy atom. The van der Waals surface area contributed by atoms with Gasteiger partial charge in [-0.2, -0.15) is 13.2 Å². The van der Waals surface area contributed by atoms with Crippen molar-refractivity contribution in [1.82, 2.24) is 4.98 Å². The quantitative estimate of drug-likeness (QED) is 0.464. The van der Waals surface area contributed by atoms with Crippen LogP contribution in [0.25, 0.3) is 0 Å². The van der Waals surface area contributed by atoms with Crippen molar-refractivity contribution in [3.8, 4) is 0 Å². The molecule has 1 heterocycles. The standard InChI is InChI=1S/C8H3F5INO/c9-7(10)4-1-3(8(11,12)13)6(14)5(2-16)15-4/h1-2,7H. The number of rotatable bonds is 2. The van der Waals surface area contributed by atoms with Gasteiger partial charge in [-0.05, 0) is 28.7 Å². The van der Waals surface area contributed by atoms with Crippen LogP contribution in [0.15, 0.2) is 6.07 Å². The van der Waals surface area contributed by atoms with Gasteiger partial charge in [0, 0.05) is 0 Å². The molecule has 0 radical (unpaired) electrons. The van der Waals surface area contributed by atoms with E-state index in [-0.39, 0.29) is 12.4 Å². The second-order valence-electron chi connectivity index (χ2n) is 2.71. The SMILES string of the molecule is O=Cc1nc(C(F)F)cc(C(F)(F)F)c1I. The molecule has 0 atom stereocenters. The van der Waals surface area contributed by atoms with Crippen molar-refractivity contribution in [2.75, 3.05) is 0 Å². The lowest BCUT2D eigenvalue weighted by molar-refractivity contribution is -0.138. The minimum atomic E-state index is -4.79. The third kappa shape index (κ3) is 2.66. The van der Waals surface area contributed by atoms with E-state index in [1.807, 2.05) is 0 Å². The normalized spacial score (nSPS) is 11.9. The van der Waals surface area contributed by atoms with Gasteiger partial charge in [0.15, 0.2) is 6.29 Å². The first-order valence-corrected chi connectivity index (χ1v) is 4.86. The van der Waals surface area contributed by atoms with Crippen molar-refractivity contribution in [3.63, 3.8) is 0 Å². The molecule has 0 aliphatic rings. The summed E-state index contributed by atoms with van der Waals surface area (Å²) in [5, 5.41) is 0. The second kappa shape index (κ2) is 4.60. The molecule has 0 unspecified atom stereocenters. The molecule has 0 aromatic carbocycles. The summed E-state index contributed by atoms with van der Waals surface area (Å²) < 4.78 is 61.2. The maximum atomic E-state index is 12.4. The summed E-state index contributed by atoms with van der Waals surface area (Å²) in [5.41, 5.74) is -2.97. The first kappa shape index (κ1) is 13.3. The number of halogens is 6. The molecule has 0 bridgehead atoms. The first-order valence-electron chi connectivity index (χ1n) is 3.78. The second-order valence-corrected chi connectivity index (χ2v) is 3.79. The molecular weight excluding hydrogens is 348 g/mol. The van der Waals surface area contributed by atoms with Crippen LogP contribution in [0.3, 0.4) is 0 Å². The van der Waals surface area contributed by atoms with Crippen LogP contribution in [0.1, 0.15) is 28.2 Å². The van der Waals surface area contributed by atoms with Gasteiger partial charge < -0.3 is 0 Å². The number of hydrogen-bond donors (Lipinski definition) is 0. The van der Waals surface area contributed by atoms with Crippen molar-refractivity contribution in [2.24, 2.45) is 0 Å². The van der Waals surface area contributed by atoms with Crippen molar-refractivity contribution >= 4 is 28.9 Å². The number of carbonyl (C=O) groups is 1. The van der Waals surface area contributed by atoms with Gasteiger partial charge in [-0.15, -0.1) is 0 Å². The van der Waals surface area contributed by atoms with Gasteiger partial charge in [-0.25, -0.2) is 13.8 Å². The Morgan fingerprint density at radius 1 is 1.38 bits per heavy atom. The molecule has 2 nitrogen and oxygen atoms in total. The zero-order valence-corrected chi connectivity index (χ0v) is 9.51. The van der Waals surface area contributed by atoms with E-state index >= 15 is 0 Å². The molecule has 0 fully saturated rings. The average Bonchev–Trinajstić information content (AvgIpc) is 2.15. The molecule has 88 valence electrons. The van der Waals surface area contributed by atoms with Crippen LogP contribution >= 0.6 is 22.6 Å². The summed E-state index contributed by atoms with van der Waals surface area (Å²) >= 11 is 1.25. The number of pyridine rings is 1. The van der Waals surface area contributed by atoms with Crippen LogP contribution in [0.4, 0.5) is 22.0 Å². The fourth-order valence-electron chi connectivity index (χ4n) is 0.966. The number of hydrogen-bond acceptors (Lipinski definition) is 2. The molecule has 1 aromatic rings. The Labute approximate surface area is 100.0 Å². The summed E-state index contributed by atoms with van der Waals surface area (Å²) in [6.07, 6.45) is -7.93. The van der Waals surface area contributed by atoms with Gasteiger partial charge in [0.1, 0.15) is 11.4 Å². The Kier molecular flexibility index (Phi) is 3.81. The van der Waals surface area contributed by atoms with E-state index in [4.69, 9.17) is 0 Å². The highest BCUT2D eigenvalue weighted by Gasteiger charge is 2.35. The lowest BCUT2D eigenvalue weighted by Gasteiger charge is -2.11. The van der Waals surface area contributed by atoms with Gasteiger partial charge >= 0.3 is 6.18 Å². The summed E-state index contributed by atoms with van der Waals surface area (Å²) in [4.78, 5) is 13.5. The van der Waals surface area contributed by atoms with E-state index < -0.39 is 33.1 Å². The van der Waals surface area contributed by atoms with Crippen molar-refractivity contribution in [2.45, 2.75) is 12.6 Å². The van der Waals surface area contributed by atoms with Gasteiger partial charge in [-0.3, -0.25) is 4.79 Å². The van der Waals surface area contributed by atoms with Gasteiger partial charge in [0.25, 0.3) is 6.43 Å². The molecule has 16 heavy (non-hydrogen) atoms. The number of nitrogens with zero attached hydrogens (tertiary/aromatic N) is 1. The smallest absolute Gasteiger partial charge is 0.296 e. The summed E-state index contributed by atoms with van der Waals surface area (Å²) in [5.74, 6) is 0. The van der Waals surface area contributed by atoms with Crippen LogP contribution in [0, 0.1) is 3.57 Å². The fourth-order valence-corrected chi connectivity index (χ4v) is 1.68. The van der Waals surface area contributed by atoms with Crippen LogP contribution in [0.5, 0.6) is 0 Å². The minimum Gasteiger partial charge on any atom is -0.296 e. The molecule has 0 saturated carbocycles. The number of carbonyl (C=O) groups excluding carboxylic acids is 1. The molecule has 0 aliphatic carbocycles. The topological polar surface area (TPSA) is 30.0 Å². The van der Waals surface area contributed by atoms with E-state index in [0.29, 0.717) is 0 Å². The third-order valence-electron chi connectivity index (χ3n) is 1.64. The molecule has 0 amide bonds. The maximum absolute atomic E-state index is 12.4. The zero-order chi connectivity index (χ0) is 12.5. The zero-order valence-electron chi connectivity index (χ0n) is 7.36. The number of aromatic nitrogens is 1. The van der Waals surface area contributed by atoms with Gasteiger partial charge in [0.2, 0.25) is 0 Å².